The van der Waals surface area contributed by atoms with Crippen LogP contribution < -0.4 is 10.1 Å². The molecule has 0 unspecified atom stereocenters. The predicted octanol–water partition coefficient (Wildman–Crippen LogP) is 3.74. The zero-order valence-electron chi connectivity index (χ0n) is 19.2. The lowest BCUT2D eigenvalue weighted by Crippen LogP contribution is -2.36. The summed E-state index contributed by atoms with van der Waals surface area (Å²) in [5, 5.41) is 2.11. The molecular formula is C24H21ClN2O8S. The summed E-state index contributed by atoms with van der Waals surface area (Å²) in [7, 11) is 1.26. The molecule has 10 nitrogen and oxygen atoms in total. The van der Waals surface area contributed by atoms with Gasteiger partial charge in [0.2, 0.25) is 5.91 Å². The van der Waals surface area contributed by atoms with Gasteiger partial charge in [-0.2, -0.15) is 0 Å². The van der Waals surface area contributed by atoms with E-state index in [1.54, 1.807) is 31.2 Å². The monoisotopic (exact) mass is 532 g/mol. The quantitative estimate of drug-likeness (QED) is 0.379. The zero-order chi connectivity index (χ0) is 26.2. The van der Waals surface area contributed by atoms with Crippen LogP contribution in [-0.2, 0) is 23.9 Å². The van der Waals surface area contributed by atoms with Crippen molar-refractivity contribution in [3.8, 4) is 5.75 Å². The third-order valence-corrected chi connectivity index (χ3v) is 5.92. The molecular weight excluding hydrogens is 512 g/mol. The van der Waals surface area contributed by atoms with Crippen molar-refractivity contribution in [1.29, 1.82) is 0 Å². The first-order valence-corrected chi connectivity index (χ1v) is 11.7. The Morgan fingerprint density at radius 3 is 2.50 bits per heavy atom. The summed E-state index contributed by atoms with van der Waals surface area (Å²) < 4.78 is 14.7. The summed E-state index contributed by atoms with van der Waals surface area (Å²) in [5.41, 5.74) is 0.944. The Morgan fingerprint density at radius 1 is 1.11 bits per heavy atom. The molecule has 0 saturated carbocycles. The average Bonchev–Trinajstić information content (AvgIpc) is 3.11. The number of imide groups is 1. The van der Waals surface area contributed by atoms with Gasteiger partial charge in [-0.05, 0) is 60.7 Å². The SMILES string of the molecule is CCOC(=O)c1cc(NC(=O)CN2C(=O)S/C(=C\c3ccc(OCC(=O)OC)cc3)C2=O)ccc1Cl. The number of esters is 2. The Morgan fingerprint density at radius 2 is 1.83 bits per heavy atom. The number of methoxy groups -OCH3 is 1. The summed E-state index contributed by atoms with van der Waals surface area (Å²) >= 11 is 6.73. The molecule has 0 spiro atoms. The van der Waals surface area contributed by atoms with Crippen molar-refractivity contribution in [2.45, 2.75) is 6.92 Å². The minimum Gasteiger partial charge on any atom is -0.482 e. The largest absolute Gasteiger partial charge is 0.482 e. The topological polar surface area (TPSA) is 128 Å². The van der Waals surface area contributed by atoms with E-state index in [4.69, 9.17) is 21.1 Å². The standard InChI is InChI=1S/C24H21ClN2O8S/c1-3-34-23(31)17-11-15(6-9-18(17)25)26-20(28)12-27-22(30)19(36-24(27)32)10-14-4-7-16(8-5-14)35-13-21(29)33-2/h4-11H,3,12-13H2,1-2H3,(H,26,28)/b19-10-. The molecule has 0 aromatic heterocycles. The molecule has 2 aromatic rings. The minimum atomic E-state index is -0.641. The van der Waals surface area contributed by atoms with Gasteiger partial charge in [0.05, 0.1) is 29.2 Å². The number of anilines is 1. The maximum atomic E-state index is 12.7. The van der Waals surface area contributed by atoms with Crippen LogP contribution in [0.3, 0.4) is 0 Å². The number of amides is 3. The highest BCUT2D eigenvalue weighted by atomic mass is 35.5. The molecule has 0 radical (unpaired) electrons. The van der Waals surface area contributed by atoms with E-state index in [0.29, 0.717) is 23.1 Å². The fourth-order valence-corrected chi connectivity index (χ4v) is 3.99. The van der Waals surface area contributed by atoms with E-state index < -0.39 is 35.5 Å². The molecule has 3 amide bonds. The Kier molecular flexibility index (Phi) is 9.09. The van der Waals surface area contributed by atoms with Gasteiger partial charge in [0.15, 0.2) is 6.61 Å². The fraction of sp³-hybridized carbons (Fsp3) is 0.208. The molecule has 12 heteroatoms. The number of hydrogen-bond donors (Lipinski definition) is 1. The second-order valence-corrected chi connectivity index (χ2v) is 8.57. The van der Waals surface area contributed by atoms with Gasteiger partial charge in [-0.25, -0.2) is 9.59 Å². The smallest absolute Gasteiger partial charge is 0.343 e. The number of ether oxygens (including phenoxy) is 3. The van der Waals surface area contributed by atoms with Crippen LogP contribution in [0.1, 0.15) is 22.8 Å². The van der Waals surface area contributed by atoms with Crippen LogP contribution in [0.2, 0.25) is 5.02 Å². The Bertz CT molecular complexity index is 1230. The summed E-state index contributed by atoms with van der Waals surface area (Å²) in [5.74, 6) is -1.99. The summed E-state index contributed by atoms with van der Waals surface area (Å²) in [6.07, 6.45) is 1.51. The first-order valence-electron chi connectivity index (χ1n) is 10.5. The van der Waals surface area contributed by atoms with Crippen LogP contribution in [0, 0.1) is 0 Å². The molecule has 3 rings (SSSR count). The molecule has 0 atom stereocenters. The Hall–Kier alpha value is -3.83. The van der Waals surface area contributed by atoms with Gasteiger partial charge in [-0.1, -0.05) is 23.7 Å². The van der Waals surface area contributed by atoms with E-state index in [9.17, 15) is 24.0 Å². The highest BCUT2D eigenvalue weighted by Gasteiger charge is 2.36. The van der Waals surface area contributed by atoms with E-state index in [2.05, 4.69) is 10.1 Å². The second kappa shape index (κ2) is 12.2. The molecule has 1 saturated heterocycles. The molecule has 1 N–H and O–H groups in total. The van der Waals surface area contributed by atoms with Gasteiger partial charge in [0.25, 0.3) is 11.1 Å². The van der Waals surface area contributed by atoms with Crippen LogP contribution in [-0.4, -0.2) is 60.8 Å². The highest BCUT2D eigenvalue weighted by Crippen LogP contribution is 2.32. The number of nitrogens with zero attached hydrogens (tertiary/aromatic N) is 1. The number of carbonyl (C=O) groups excluding carboxylic acids is 5. The van der Waals surface area contributed by atoms with Gasteiger partial charge in [0.1, 0.15) is 12.3 Å². The van der Waals surface area contributed by atoms with Gasteiger partial charge < -0.3 is 19.5 Å². The second-order valence-electron chi connectivity index (χ2n) is 7.16. The van der Waals surface area contributed by atoms with Crippen molar-refractivity contribution in [3.63, 3.8) is 0 Å². The van der Waals surface area contributed by atoms with Gasteiger partial charge in [-0.15, -0.1) is 0 Å². The van der Waals surface area contributed by atoms with E-state index in [1.807, 2.05) is 0 Å². The molecule has 188 valence electrons. The van der Waals surface area contributed by atoms with Crippen molar-refractivity contribution < 1.29 is 38.2 Å². The zero-order valence-corrected chi connectivity index (χ0v) is 20.8. The lowest BCUT2D eigenvalue weighted by Gasteiger charge is -2.13. The maximum absolute atomic E-state index is 12.7. The molecule has 2 aromatic carbocycles. The molecule has 1 aliphatic rings. The normalized spacial score (nSPS) is 14.1. The van der Waals surface area contributed by atoms with E-state index in [-0.39, 0.29) is 34.4 Å². The van der Waals surface area contributed by atoms with Crippen LogP contribution in [0.4, 0.5) is 10.5 Å². The molecule has 0 aliphatic carbocycles. The van der Waals surface area contributed by atoms with E-state index in [1.165, 1.54) is 31.4 Å². The molecule has 1 aliphatic heterocycles. The van der Waals surface area contributed by atoms with Crippen LogP contribution in [0.5, 0.6) is 5.75 Å². The summed E-state index contributed by atoms with van der Waals surface area (Å²) in [4.78, 5) is 61.7. The number of benzene rings is 2. The van der Waals surface area contributed by atoms with Gasteiger partial charge in [-0.3, -0.25) is 19.3 Å². The molecule has 0 bridgehead atoms. The Balaban J connectivity index is 1.63. The third kappa shape index (κ3) is 6.86. The Labute approximate surface area is 215 Å². The number of carbonyl (C=O) groups is 5. The van der Waals surface area contributed by atoms with Gasteiger partial charge >= 0.3 is 11.9 Å². The first-order chi connectivity index (χ1) is 17.2. The summed E-state index contributed by atoms with van der Waals surface area (Å²) in [6.45, 7) is 1.06. The third-order valence-electron chi connectivity index (χ3n) is 4.68. The van der Waals surface area contributed by atoms with E-state index in [0.717, 1.165) is 4.90 Å². The number of rotatable bonds is 9. The van der Waals surface area contributed by atoms with Crippen LogP contribution in [0.15, 0.2) is 47.4 Å². The van der Waals surface area contributed by atoms with Gasteiger partial charge in [0, 0.05) is 5.69 Å². The lowest BCUT2D eigenvalue weighted by atomic mass is 10.2. The number of halogens is 1. The van der Waals surface area contributed by atoms with Crippen molar-refractivity contribution in [2.75, 3.05) is 32.2 Å². The summed E-state index contributed by atoms with van der Waals surface area (Å²) in [6, 6.07) is 10.8. The number of nitrogens with one attached hydrogen (secondary N) is 1. The van der Waals surface area contributed by atoms with Crippen molar-refractivity contribution in [3.05, 3.63) is 63.5 Å². The van der Waals surface area contributed by atoms with E-state index >= 15 is 0 Å². The minimum absolute atomic E-state index is 0.0760. The molecule has 1 fully saturated rings. The van der Waals surface area contributed by atoms with Crippen LogP contribution in [0.25, 0.3) is 6.08 Å². The van der Waals surface area contributed by atoms with Crippen molar-refractivity contribution in [2.24, 2.45) is 0 Å². The first kappa shape index (κ1) is 26.8. The fourth-order valence-electron chi connectivity index (χ4n) is 2.96. The van der Waals surface area contributed by atoms with Crippen LogP contribution >= 0.6 is 23.4 Å². The highest BCUT2D eigenvalue weighted by molar-refractivity contribution is 8.18. The molecule has 1 heterocycles. The average molecular weight is 533 g/mol. The molecule has 36 heavy (non-hydrogen) atoms. The number of hydrogen-bond acceptors (Lipinski definition) is 9. The lowest BCUT2D eigenvalue weighted by molar-refractivity contribution is -0.142. The number of thioether (sulfide) groups is 1. The van der Waals surface area contributed by atoms with Crippen molar-refractivity contribution >= 4 is 64.1 Å². The maximum Gasteiger partial charge on any atom is 0.343 e. The predicted molar refractivity (Wildman–Crippen MR) is 133 cm³/mol. The van der Waals surface area contributed by atoms with Crippen molar-refractivity contribution in [1.82, 2.24) is 4.90 Å².